The van der Waals surface area contributed by atoms with E-state index in [1.165, 1.54) is 0 Å². The Morgan fingerprint density at radius 3 is 2.35 bits per heavy atom. The number of ether oxygens (including phenoxy) is 1. The van der Waals surface area contributed by atoms with Gasteiger partial charge in [-0.25, -0.2) is 0 Å². The number of Topliss-reactive ketones (excluding diaryl/α,β-unsaturated/α-hetero) is 1. The maximum absolute atomic E-state index is 12.3. The fourth-order valence-electron chi connectivity index (χ4n) is 2.61. The van der Waals surface area contributed by atoms with Crippen LogP contribution >= 0.6 is 0 Å². The van der Waals surface area contributed by atoms with Gasteiger partial charge in [0.05, 0.1) is 6.61 Å². The van der Waals surface area contributed by atoms with Crippen LogP contribution in [0.25, 0.3) is 0 Å². The molecular weight excluding hydrogens is 216 g/mol. The molecule has 1 rings (SSSR count). The van der Waals surface area contributed by atoms with Crippen molar-refractivity contribution in [3.8, 4) is 0 Å². The van der Waals surface area contributed by atoms with Crippen LogP contribution < -0.4 is 0 Å². The average Bonchev–Trinajstić information content (AvgIpc) is 2.76. The van der Waals surface area contributed by atoms with Crippen LogP contribution in [0.3, 0.4) is 0 Å². The Balaban J connectivity index is 2.66. The van der Waals surface area contributed by atoms with Crippen molar-refractivity contribution in [2.75, 3.05) is 6.61 Å². The Hall–Kier alpha value is -0.860. The summed E-state index contributed by atoms with van der Waals surface area (Å²) in [5, 5.41) is 0. The van der Waals surface area contributed by atoms with Crippen molar-refractivity contribution < 1.29 is 14.3 Å². The Morgan fingerprint density at radius 1 is 1.24 bits per heavy atom. The lowest BCUT2D eigenvalue weighted by Gasteiger charge is -2.24. The molecule has 2 atom stereocenters. The van der Waals surface area contributed by atoms with E-state index in [0.717, 1.165) is 25.7 Å². The van der Waals surface area contributed by atoms with Gasteiger partial charge in [0, 0.05) is 5.92 Å². The second-order valence-electron chi connectivity index (χ2n) is 5.49. The smallest absolute Gasteiger partial charge is 0.319 e. The number of carbonyl (C=O) groups excluding carboxylic acids is 2. The molecule has 3 heteroatoms. The maximum atomic E-state index is 12.3. The van der Waals surface area contributed by atoms with E-state index in [4.69, 9.17) is 4.74 Å². The van der Waals surface area contributed by atoms with Crippen LogP contribution in [-0.2, 0) is 14.3 Å². The van der Waals surface area contributed by atoms with E-state index >= 15 is 0 Å². The Bertz CT molecular complexity index is 294. The van der Waals surface area contributed by atoms with E-state index in [9.17, 15) is 9.59 Å². The molecule has 0 amide bonds. The molecule has 0 aliphatic heterocycles. The number of carbonyl (C=O) groups is 2. The van der Waals surface area contributed by atoms with Crippen molar-refractivity contribution in [1.29, 1.82) is 0 Å². The van der Waals surface area contributed by atoms with Gasteiger partial charge in [0.15, 0.2) is 5.78 Å². The summed E-state index contributed by atoms with van der Waals surface area (Å²) < 4.78 is 4.98. The van der Waals surface area contributed by atoms with Crippen LogP contribution in [0.2, 0.25) is 0 Å². The lowest BCUT2D eigenvalue weighted by atomic mass is 9.80. The van der Waals surface area contributed by atoms with Crippen LogP contribution in [0.1, 0.15) is 53.4 Å². The molecular formula is C14H24O3. The van der Waals surface area contributed by atoms with Crippen molar-refractivity contribution in [2.24, 2.45) is 17.3 Å². The van der Waals surface area contributed by atoms with E-state index in [1.807, 2.05) is 0 Å². The monoisotopic (exact) mass is 240 g/mol. The molecule has 1 saturated carbocycles. The molecule has 98 valence electrons. The van der Waals surface area contributed by atoms with Crippen molar-refractivity contribution in [3.63, 3.8) is 0 Å². The summed E-state index contributed by atoms with van der Waals surface area (Å²) in [4.78, 5) is 24.1. The molecule has 0 saturated heterocycles. The minimum absolute atomic E-state index is 0.0550. The largest absolute Gasteiger partial charge is 0.465 e. The third-order valence-electron chi connectivity index (χ3n) is 3.89. The fourth-order valence-corrected chi connectivity index (χ4v) is 2.61. The molecule has 0 bridgehead atoms. The summed E-state index contributed by atoms with van der Waals surface area (Å²) in [7, 11) is 0. The summed E-state index contributed by atoms with van der Waals surface area (Å²) >= 11 is 0. The van der Waals surface area contributed by atoms with Crippen molar-refractivity contribution in [2.45, 2.75) is 53.4 Å². The second-order valence-corrected chi connectivity index (χ2v) is 5.49. The molecule has 0 N–H and O–H groups in total. The third-order valence-corrected chi connectivity index (χ3v) is 3.89. The standard InChI is InChI=1S/C14H24O3/c1-5-10-7-8-11(9-10)12(15)14(3,4)13(16)17-6-2/h10-11H,5-9H2,1-4H3. The molecule has 0 aromatic carbocycles. The molecule has 1 aliphatic carbocycles. The van der Waals surface area contributed by atoms with Gasteiger partial charge in [0.1, 0.15) is 5.41 Å². The van der Waals surface area contributed by atoms with Gasteiger partial charge in [-0.05, 0) is 46.0 Å². The van der Waals surface area contributed by atoms with Crippen LogP contribution in [0.5, 0.6) is 0 Å². The lowest BCUT2D eigenvalue weighted by Crippen LogP contribution is -2.38. The zero-order chi connectivity index (χ0) is 13.1. The van der Waals surface area contributed by atoms with Crippen molar-refractivity contribution in [3.05, 3.63) is 0 Å². The topological polar surface area (TPSA) is 43.4 Å². The minimum Gasteiger partial charge on any atom is -0.465 e. The van der Waals surface area contributed by atoms with E-state index in [-0.39, 0.29) is 17.7 Å². The number of hydrogen-bond acceptors (Lipinski definition) is 3. The van der Waals surface area contributed by atoms with Gasteiger partial charge in [0.25, 0.3) is 0 Å². The van der Waals surface area contributed by atoms with Crippen molar-refractivity contribution in [1.82, 2.24) is 0 Å². The first-order valence-electron chi connectivity index (χ1n) is 6.65. The van der Waals surface area contributed by atoms with E-state index < -0.39 is 5.41 Å². The van der Waals surface area contributed by atoms with Gasteiger partial charge in [-0.15, -0.1) is 0 Å². The molecule has 1 aliphatic rings. The summed E-state index contributed by atoms with van der Waals surface area (Å²) in [5.74, 6) is 0.387. The first-order valence-corrected chi connectivity index (χ1v) is 6.65. The molecule has 17 heavy (non-hydrogen) atoms. The Labute approximate surface area is 104 Å². The molecule has 0 aromatic heterocycles. The lowest BCUT2D eigenvalue weighted by molar-refractivity contribution is -0.159. The van der Waals surface area contributed by atoms with Gasteiger partial charge < -0.3 is 4.74 Å². The van der Waals surface area contributed by atoms with Gasteiger partial charge in [-0.3, -0.25) is 9.59 Å². The fraction of sp³-hybridized carbons (Fsp3) is 0.857. The summed E-state index contributed by atoms with van der Waals surface area (Å²) in [5.41, 5.74) is -0.983. The predicted molar refractivity (Wildman–Crippen MR) is 66.5 cm³/mol. The van der Waals surface area contributed by atoms with E-state index in [0.29, 0.717) is 12.5 Å². The van der Waals surface area contributed by atoms with Gasteiger partial charge in [0.2, 0.25) is 0 Å². The highest BCUT2D eigenvalue weighted by atomic mass is 16.5. The predicted octanol–water partition coefficient (Wildman–Crippen LogP) is 2.97. The van der Waals surface area contributed by atoms with Gasteiger partial charge in [-0.1, -0.05) is 13.3 Å². The Kier molecular flexibility index (Phi) is 4.72. The van der Waals surface area contributed by atoms with Crippen molar-refractivity contribution >= 4 is 11.8 Å². The van der Waals surface area contributed by atoms with E-state index in [2.05, 4.69) is 6.92 Å². The number of ketones is 1. The molecule has 0 aromatic rings. The van der Waals surface area contributed by atoms with E-state index in [1.54, 1.807) is 20.8 Å². The maximum Gasteiger partial charge on any atom is 0.319 e. The highest BCUT2D eigenvalue weighted by molar-refractivity contribution is 6.04. The zero-order valence-electron chi connectivity index (χ0n) is 11.4. The highest BCUT2D eigenvalue weighted by Gasteiger charge is 2.43. The second kappa shape index (κ2) is 5.65. The van der Waals surface area contributed by atoms with Crippen LogP contribution in [0.4, 0.5) is 0 Å². The van der Waals surface area contributed by atoms with Crippen LogP contribution in [0, 0.1) is 17.3 Å². The Morgan fingerprint density at radius 2 is 1.88 bits per heavy atom. The molecule has 2 unspecified atom stereocenters. The van der Waals surface area contributed by atoms with Crippen LogP contribution in [0.15, 0.2) is 0 Å². The van der Waals surface area contributed by atoms with Crippen LogP contribution in [-0.4, -0.2) is 18.4 Å². The zero-order valence-corrected chi connectivity index (χ0v) is 11.4. The van der Waals surface area contributed by atoms with Gasteiger partial charge in [-0.2, -0.15) is 0 Å². The molecule has 1 fully saturated rings. The quantitative estimate of drug-likeness (QED) is 0.548. The van der Waals surface area contributed by atoms with Gasteiger partial charge >= 0.3 is 5.97 Å². The third kappa shape index (κ3) is 3.08. The normalized spacial score (nSPS) is 24.7. The molecule has 0 heterocycles. The number of hydrogen-bond donors (Lipinski definition) is 0. The summed E-state index contributed by atoms with van der Waals surface area (Å²) in [6, 6.07) is 0. The number of esters is 1. The average molecular weight is 240 g/mol. The highest BCUT2D eigenvalue weighted by Crippen LogP contribution is 2.37. The molecule has 0 radical (unpaired) electrons. The summed E-state index contributed by atoms with van der Waals surface area (Å²) in [6.07, 6.45) is 4.12. The first-order chi connectivity index (χ1) is 7.93. The molecule has 3 nitrogen and oxygen atoms in total. The number of rotatable bonds is 5. The summed E-state index contributed by atoms with van der Waals surface area (Å²) in [6.45, 7) is 7.63. The molecule has 0 spiro atoms. The first kappa shape index (κ1) is 14.2. The SMILES string of the molecule is CCOC(=O)C(C)(C)C(=O)C1CCC(CC)C1. The minimum atomic E-state index is -0.983.